The summed E-state index contributed by atoms with van der Waals surface area (Å²) in [4.78, 5) is 6.57. The van der Waals surface area contributed by atoms with Gasteiger partial charge in [0.25, 0.3) is 0 Å². The minimum Gasteiger partial charge on any atom is -0.396 e. The maximum absolute atomic E-state index is 8.81. The zero-order chi connectivity index (χ0) is 12.9. The number of aromatic nitrogens is 2. The highest BCUT2D eigenvalue weighted by Crippen LogP contribution is 2.18. The summed E-state index contributed by atoms with van der Waals surface area (Å²) < 4.78 is 5.24. The van der Waals surface area contributed by atoms with Gasteiger partial charge >= 0.3 is 0 Å². The van der Waals surface area contributed by atoms with E-state index in [1.54, 1.807) is 0 Å². The molecule has 0 unspecified atom stereocenters. The third-order valence-corrected chi connectivity index (χ3v) is 2.58. The summed E-state index contributed by atoms with van der Waals surface area (Å²) in [5.74, 6) is 1.39. The molecule has 0 amide bonds. The van der Waals surface area contributed by atoms with E-state index in [0.717, 1.165) is 25.3 Å². The molecule has 0 aliphatic carbocycles. The summed E-state index contributed by atoms with van der Waals surface area (Å²) in [6, 6.07) is 0. The number of aliphatic hydroxyl groups excluding tert-OH is 1. The van der Waals surface area contributed by atoms with Crippen LogP contribution >= 0.6 is 0 Å². The molecule has 1 heterocycles. The van der Waals surface area contributed by atoms with E-state index in [1.807, 2.05) is 0 Å². The zero-order valence-corrected chi connectivity index (χ0v) is 11.2. The van der Waals surface area contributed by atoms with Gasteiger partial charge in [-0.25, -0.2) is 0 Å². The number of nitrogens with zero attached hydrogens (tertiary/aromatic N) is 3. The Labute approximate surface area is 103 Å². The third kappa shape index (κ3) is 4.44. The first kappa shape index (κ1) is 14.1. The van der Waals surface area contributed by atoms with Crippen molar-refractivity contribution >= 4 is 0 Å². The van der Waals surface area contributed by atoms with Gasteiger partial charge in [0.1, 0.15) is 0 Å². The molecule has 0 aliphatic heterocycles. The molecule has 0 spiro atoms. The molecule has 0 atom stereocenters. The molecular formula is C12H23N3O2. The lowest BCUT2D eigenvalue weighted by Crippen LogP contribution is -2.25. The summed E-state index contributed by atoms with van der Waals surface area (Å²) in [5.41, 5.74) is -0.0795. The summed E-state index contributed by atoms with van der Waals surface area (Å²) in [5, 5.41) is 12.8. The number of aliphatic hydroxyl groups is 1. The standard InChI is InChI=1S/C12H23N3O2/c1-5-15(7-6-8-16)9-10-13-11(14-17-10)12(2,3)4/h16H,5-9H2,1-4H3. The van der Waals surface area contributed by atoms with Crippen molar-refractivity contribution in [2.75, 3.05) is 19.7 Å². The fourth-order valence-electron chi connectivity index (χ4n) is 1.46. The van der Waals surface area contributed by atoms with Crippen LogP contribution in [0.2, 0.25) is 0 Å². The first-order chi connectivity index (χ1) is 7.97. The molecule has 17 heavy (non-hydrogen) atoms. The van der Waals surface area contributed by atoms with Crippen molar-refractivity contribution in [1.82, 2.24) is 15.0 Å². The van der Waals surface area contributed by atoms with E-state index in [0.29, 0.717) is 12.4 Å². The van der Waals surface area contributed by atoms with E-state index in [4.69, 9.17) is 9.63 Å². The Hall–Kier alpha value is -0.940. The molecule has 0 aliphatic rings. The molecule has 1 N–H and O–H groups in total. The van der Waals surface area contributed by atoms with Crippen LogP contribution in [0.25, 0.3) is 0 Å². The number of hydrogen-bond donors (Lipinski definition) is 1. The van der Waals surface area contributed by atoms with Crippen LogP contribution in [0, 0.1) is 0 Å². The van der Waals surface area contributed by atoms with E-state index in [9.17, 15) is 0 Å². The van der Waals surface area contributed by atoms with Crippen molar-refractivity contribution in [3.8, 4) is 0 Å². The Morgan fingerprint density at radius 2 is 2.06 bits per heavy atom. The van der Waals surface area contributed by atoms with E-state index in [-0.39, 0.29) is 12.0 Å². The molecule has 0 fully saturated rings. The average molecular weight is 241 g/mol. The van der Waals surface area contributed by atoms with E-state index in [2.05, 4.69) is 42.7 Å². The molecule has 0 saturated carbocycles. The first-order valence-corrected chi connectivity index (χ1v) is 6.13. The lowest BCUT2D eigenvalue weighted by Gasteiger charge is -2.17. The quantitative estimate of drug-likeness (QED) is 0.819. The van der Waals surface area contributed by atoms with Gasteiger partial charge in [-0.15, -0.1) is 0 Å². The molecular weight excluding hydrogens is 218 g/mol. The van der Waals surface area contributed by atoms with Crippen molar-refractivity contribution in [2.45, 2.75) is 46.1 Å². The largest absolute Gasteiger partial charge is 0.396 e. The summed E-state index contributed by atoms with van der Waals surface area (Å²) >= 11 is 0. The number of hydrogen-bond acceptors (Lipinski definition) is 5. The zero-order valence-electron chi connectivity index (χ0n) is 11.2. The van der Waals surface area contributed by atoms with Gasteiger partial charge in [-0.1, -0.05) is 32.9 Å². The summed E-state index contributed by atoms with van der Waals surface area (Å²) in [6.45, 7) is 10.9. The van der Waals surface area contributed by atoms with E-state index >= 15 is 0 Å². The van der Waals surface area contributed by atoms with Crippen molar-refractivity contribution in [3.05, 3.63) is 11.7 Å². The fraction of sp³-hybridized carbons (Fsp3) is 0.833. The normalized spacial score (nSPS) is 12.4. The topological polar surface area (TPSA) is 62.4 Å². The Morgan fingerprint density at radius 1 is 1.35 bits per heavy atom. The molecule has 0 saturated heterocycles. The van der Waals surface area contributed by atoms with Crippen molar-refractivity contribution in [2.24, 2.45) is 0 Å². The van der Waals surface area contributed by atoms with Gasteiger partial charge in [0.05, 0.1) is 6.54 Å². The summed E-state index contributed by atoms with van der Waals surface area (Å²) in [7, 11) is 0. The Morgan fingerprint density at radius 3 is 2.53 bits per heavy atom. The third-order valence-electron chi connectivity index (χ3n) is 2.58. The lowest BCUT2D eigenvalue weighted by atomic mass is 9.96. The second-order valence-electron chi connectivity index (χ2n) is 5.21. The van der Waals surface area contributed by atoms with Crippen LogP contribution < -0.4 is 0 Å². The average Bonchev–Trinajstić information content (AvgIpc) is 2.72. The maximum Gasteiger partial charge on any atom is 0.240 e. The minimum absolute atomic E-state index is 0.0795. The van der Waals surface area contributed by atoms with E-state index < -0.39 is 0 Å². The van der Waals surface area contributed by atoms with Gasteiger partial charge < -0.3 is 9.63 Å². The Balaban J connectivity index is 2.58. The van der Waals surface area contributed by atoms with Crippen LogP contribution in [0.5, 0.6) is 0 Å². The molecule has 5 nitrogen and oxygen atoms in total. The van der Waals surface area contributed by atoms with Crippen LogP contribution in [-0.4, -0.2) is 39.8 Å². The second kappa shape index (κ2) is 6.12. The van der Waals surface area contributed by atoms with Gasteiger partial charge in [-0.2, -0.15) is 4.98 Å². The van der Waals surface area contributed by atoms with Gasteiger partial charge in [0.2, 0.25) is 5.89 Å². The van der Waals surface area contributed by atoms with Crippen LogP contribution in [0.3, 0.4) is 0 Å². The maximum atomic E-state index is 8.81. The fourth-order valence-corrected chi connectivity index (χ4v) is 1.46. The minimum atomic E-state index is -0.0795. The molecule has 1 aromatic rings. The highest BCUT2D eigenvalue weighted by molar-refractivity contribution is 4.99. The van der Waals surface area contributed by atoms with Crippen molar-refractivity contribution in [1.29, 1.82) is 0 Å². The van der Waals surface area contributed by atoms with Crippen LogP contribution in [-0.2, 0) is 12.0 Å². The molecule has 1 rings (SSSR count). The summed E-state index contributed by atoms with van der Waals surface area (Å²) in [6.07, 6.45) is 0.772. The smallest absolute Gasteiger partial charge is 0.240 e. The lowest BCUT2D eigenvalue weighted by molar-refractivity contribution is 0.205. The molecule has 0 radical (unpaired) electrons. The second-order valence-corrected chi connectivity index (χ2v) is 5.21. The van der Waals surface area contributed by atoms with Gasteiger partial charge in [0.15, 0.2) is 5.82 Å². The predicted octanol–water partition coefficient (Wildman–Crippen LogP) is 1.57. The Kier molecular flexibility index (Phi) is 5.08. The van der Waals surface area contributed by atoms with Crippen molar-refractivity contribution in [3.63, 3.8) is 0 Å². The molecule has 0 aromatic carbocycles. The van der Waals surface area contributed by atoms with E-state index in [1.165, 1.54) is 0 Å². The van der Waals surface area contributed by atoms with Gasteiger partial charge in [-0.3, -0.25) is 4.90 Å². The number of rotatable bonds is 6. The highest BCUT2D eigenvalue weighted by Gasteiger charge is 2.21. The Bertz CT molecular complexity index is 331. The molecule has 5 heteroatoms. The molecule has 0 bridgehead atoms. The SMILES string of the molecule is CCN(CCCO)Cc1nc(C(C)(C)C)no1. The molecule has 1 aromatic heterocycles. The van der Waals surface area contributed by atoms with Crippen LogP contribution in [0.4, 0.5) is 0 Å². The first-order valence-electron chi connectivity index (χ1n) is 6.13. The van der Waals surface area contributed by atoms with Crippen LogP contribution in [0.1, 0.15) is 45.8 Å². The monoisotopic (exact) mass is 241 g/mol. The van der Waals surface area contributed by atoms with Crippen LogP contribution in [0.15, 0.2) is 4.52 Å². The van der Waals surface area contributed by atoms with Gasteiger partial charge in [-0.05, 0) is 13.0 Å². The van der Waals surface area contributed by atoms with Gasteiger partial charge in [0, 0.05) is 18.6 Å². The highest BCUT2D eigenvalue weighted by atomic mass is 16.5. The van der Waals surface area contributed by atoms with Crippen molar-refractivity contribution < 1.29 is 9.63 Å². The predicted molar refractivity (Wildman–Crippen MR) is 65.7 cm³/mol. The molecule has 98 valence electrons.